The third kappa shape index (κ3) is 2.85. The average Bonchev–Trinajstić information content (AvgIpc) is 2.26. The van der Waals surface area contributed by atoms with E-state index in [2.05, 4.69) is 0 Å². The average molecular weight is 264 g/mol. The Morgan fingerprint density at radius 2 is 2.06 bits per heavy atom. The van der Waals surface area contributed by atoms with Crippen LogP contribution in [0.15, 0.2) is 12.1 Å². The van der Waals surface area contributed by atoms with Gasteiger partial charge in [0.1, 0.15) is 11.9 Å². The van der Waals surface area contributed by atoms with Crippen LogP contribution in [0, 0.1) is 5.82 Å². The second kappa shape index (κ2) is 5.31. The maximum absolute atomic E-state index is 13.5. The first-order valence-electron chi connectivity index (χ1n) is 4.62. The summed E-state index contributed by atoms with van der Waals surface area (Å²) in [6, 6.07) is 1.66. The predicted molar refractivity (Wildman–Crippen MR) is 59.5 cm³/mol. The first-order chi connectivity index (χ1) is 7.88. The van der Waals surface area contributed by atoms with E-state index in [0.717, 1.165) is 12.1 Å². The molecule has 94 valence electrons. The quantitative estimate of drug-likeness (QED) is 0.474. The van der Waals surface area contributed by atoms with Crippen molar-refractivity contribution in [2.24, 2.45) is 0 Å². The van der Waals surface area contributed by atoms with E-state index in [4.69, 9.17) is 22.4 Å². The van der Waals surface area contributed by atoms with Gasteiger partial charge in [-0.1, -0.05) is 0 Å². The van der Waals surface area contributed by atoms with Crippen LogP contribution < -0.4 is 5.73 Å². The number of benzene rings is 1. The summed E-state index contributed by atoms with van der Waals surface area (Å²) in [6.45, 7) is 0. The predicted octanol–water partition coefficient (Wildman–Crippen LogP) is 0.739. The summed E-state index contributed by atoms with van der Waals surface area (Å²) in [5, 5.41) is 27.6. The van der Waals surface area contributed by atoms with Crippen molar-refractivity contribution in [2.75, 3.05) is 11.6 Å². The van der Waals surface area contributed by atoms with Crippen LogP contribution in [-0.4, -0.2) is 33.3 Å². The lowest BCUT2D eigenvalue weighted by molar-refractivity contribution is 0.0303. The van der Waals surface area contributed by atoms with Gasteiger partial charge in [-0.05, 0) is 12.1 Å². The minimum Gasteiger partial charge on any atom is -0.478 e. The van der Waals surface area contributed by atoms with Crippen molar-refractivity contribution in [3.05, 3.63) is 29.1 Å². The summed E-state index contributed by atoms with van der Waals surface area (Å²) >= 11 is 5.31. The number of rotatable bonds is 4. The summed E-state index contributed by atoms with van der Waals surface area (Å²) in [4.78, 5) is 10.8. The second-order valence-corrected chi connectivity index (χ2v) is 3.74. The number of carboxylic acid groups (broad SMARTS) is 1. The highest BCUT2D eigenvalue weighted by molar-refractivity contribution is 6.18. The minimum absolute atomic E-state index is 0.258. The first-order valence-corrected chi connectivity index (χ1v) is 5.16. The normalized spacial score (nSPS) is 14.4. The van der Waals surface area contributed by atoms with Crippen LogP contribution in [0.3, 0.4) is 0 Å². The molecular weight excluding hydrogens is 253 g/mol. The molecule has 0 heterocycles. The Kier molecular flexibility index (Phi) is 4.28. The summed E-state index contributed by atoms with van der Waals surface area (Å²) in [5.74, 6) is -2.56. The van der Waals surface area contributed by atoms with Crippen molar-refractivity contribution in [3.8, 4) is 0 Å². The Morgan fingerprint density at radius 3 is 2.53 bits per heavy atom. The molecule has 0 aliphatic rings. The molecule has 1 aromatic carbocycles. The second-order valence-electron chi connectivity index (χ2n) is 3.43. The molecule has 0 radical (unpaired) electrons. The van der Waals surface area contributed by atoms with Crippen LogP contribution in [0.25, 0.3) is 0 Å². The fraction of sp³-hybridized carbons (Fsp3) is 0.300. The molecule has 0 aromatic heterocycles. The zero-order chi connectivity index (χ0) is 13.2. The maximum Gasteiger partial charge on any atom is 0.337 e. The Morgan fingerprint density at radius 1 is 1.47 bits per heavy atom. The van der Waals surface area contributed by atoms with Crippen molar-refractivity contribution in [2.45, 2.75) is 12.2 Å². The number of aliphatic hydroxyl groups is 2. The largest absolute Gasteiger partial charge is 0.478 e. The van der Waals surface area contributed by atoms with Gasteiger partial charge in [0, 0.05) is 11.3 Å². The molecule has 0 aliphatic heterocycles. The lowest BCUT2D eigenvalue weighted by atomic mass is 10.0. The van der Waals surface area contributed by atoms with E-state index in [1.165, 1.54) is 0 Å². The van der Waals surface area contributed by atoms with Gasteiger partial charge >= 0.3 is 5.97 Å². The molecule has 0 saturated heterocycles. The van der Waals surface area contributed by atoms with Gasteiger partial charge in [-0.2, -0.15) is 0 Å². The van der Waals surface area contributed by atoms with E-state index in [1.807, 2.05) is 0 Å². The molecule has 0 spiro atoms. The van der Waals surface area contributed by atoms with Gasteiger partial charge in [0.05, 0.1) is 17.5 Å². The molecule has 0 bridgehead atoms. The smallest absolute Gasteiger partial charge is 0.337 e. The maximum atomic E-state index is 13.5. The summed E-state index contributed by atoms with van der Waals surface area (Å²) in [7, 11) is 0. The molecule has 2 unspecified atom stereocenters. The summed E-state index contributed by atoms with van der Waals surface area (Å²) in [5.41, 5.74) is 4.35. The Labute approximate surface area is 101 Å². The Bertz CT molecular complexity index is 441. The summed E-state index contributed by atoms with van der Waals surface area (Å²) < 4.78 is 13.5. The standard InChI is InChI=1S/C10H11ClFNO4/c11-3-8(14)9(15)4-1-5(10(16)17)7(13)2-6(4)12/h1-2,8-9,14-15H,3,13H2,(H,16,17). The Balaban J connectivity index is 3.24. The van der Waals surface area contributed by atoms with Crippen LogP contribution in [0.4, 0.5) is 10.1 Å². The van der Waals surface area contributed by atoms with Crippen molar-refractivity contribution in [1.82, 2.24) is 0 Å². The van der Waals surface area contributed by atoms with E-state index >= 15 is 0 Å². The van der Waals surface area contributed by atoms with E-state index in [0.29, 0.717) is 0 Å². The molecule has 0 amide bonds. The number of aromatic carboxylic acids is 1. The molecule has 5 N–H and O–H groups in total. The number of carboxylic acids is 1. The van der Waals surface area contributed by atoms with Crippen molar-refractivity contribution >= 4 is 23.3 Å². The summed E-state index contributed by atoms with van der Waals surface area (Å²) in [6.07, 6.45) is -3.00. The van der Waals surface area contributed by atoms with Gasteiger partial charge in [0.25, 0.3) is 0 Å². The number of alkyl halides is 1. The van der Waals surface area contributed by atoms with Gasteiger partial charge in [-0.15, -0.1) is 11.6 Å². The number of nitrogen functional groups attached to an aromatic ring is 1. The van der Waals surface area contributed by atoms with Crippen molar-refractivity contribution in [3.63, 3.8) is 0 Å². The zero-order valence-electron chi connectivity index (χ0n) is 8.60. The monoisotopic (exact) mass is 263 g/mol. The SMILES string of the molecule is Nc1cc(F)c(C(O)C(O)CCl)cc1C(=O)O. The fourth-order valence-corrected chi connectivity index (χ4v) is 1.48. The van der Waals surface area contributed by atoms with Crippen LogP contribution >= 0.6 is 11.6 Å². The number of anilines is 1. The highest BCUT2D eigenvalue weighted by Gasteiger charge is 2.23. The van der Waals surface area contributed by atoms with E-state index in [9.17, 15) is 19.4 Å². The lowest BCUT2D eigenvalue weighted by Crippen LogP contribution is -2.21. The number of nitrogens with two attached hydrogens (primary N) is 1. The van der Waals surface area contributed by atoms with Gasteiger partial charge in [-0.25, -0.2) is 9.18 Å². The van der Waals surface area contributed by atoms with Gasteiger partial charge in [0.15, 0.2) is 0 Å². The minimum atomic E-state index is -1.61. The third-order valence-corrected chi connectivity index (χ3v) is 2.56. The number of hydrogen-bond donors (Lipinski definition) is 4. The third-order valence-electron chi connectivity index (χ3n) is 2.24. The highest BCUT2D eigenvalue weighted by Crippen LogP contribution is 2.25. The first kappa shape index (κ1) is 13.7. The molecule has 0 aliphatic carbocycles. The number of aliphatic hydroxyl groups excluding tert-OH is 2. The molecule has 17 heavy (non-hydrogen) atoms. The fourth-order valence-electron chi connectivity index (χ4n) is 1.31. The van der Waals surface area contributed by atoms with E-state index in [1.54, 1.807) is 0 Å². The van der Waals surface area contributed by atoms with Crippen molar-refractivity contribution < 1.29 is 24.5 Å². The highest BCUT2D eigenvalue weighted by atomic mass is 35.5. The van der Waals surface area contributed by atoms with E-state index < -0.39 is 24.0 Å². The topological polar surface area (TPSA) is 104 Å². The van der Waals surface area contributed by atoms with Crippen molar-refractivity contribution in [1.29, 1.82) is 0 Å². The van der Waals surface area contributed by atoms with Crippen LogP contribution in [-0.2, 0) is 0 Å². The van der Waals surface area contributed by atoms with E-state index in [-0.39, 0.29) is 22.7 Å². The van der Waals surface area contributed by atoms with Gasteiger partial charge < -0.3 is 21.1 Å². The molecule has 0 fully saturated rings. The number of carbonyl (C=O) groups is 1. The molecule has 5 nitrogen and oxygen atoms in total. The van der Waals surface area contributed by atoms with Gasteiger partial charge in [0.2, 0.25) is 0 Å². The van der Waals surface area contributed by atoms with Crippen LogP contribution in [0.5, 0.6) is 0 Å². The molecule has 0 saturated carbocycles. The van der Waals surface area contributed by atoms with Crippen LogP contribution in [0.1, 0.15) is 22.0 Å². The van der Waals surface area contributed by atoms with Gasteiger partial charge in [-0.3, -0.25) is 0 Å². The lowest BCUT2D eigenvalue weighted by Gasteiger charge is -2.17. The number of hydrogen-bond acceptors (Lipinski definition) is 4. The van der Waals surface area contributed by atoms with Crippen LogP contribution in [0.2, 0.25) is 0 Å². The Hall–Kier alpha value is -1.37. The molecule has 1 aromatic rings. The number of halogens is 2. The molecular formula is C10H11ClFNO4. The zero-order valence-corrected chi connectivity index (χ0v) is 9.36. The molecule has 7 heteroatoms. The molecule has 1 rings (SSSR count). The molecule has 2 atom stereocenters.